The molecule has 1 aromatic heterocycles. The van der Waals surface area contributed by atoms with Crippen LogP contribution in [0.5, 0.6) is 0 Å². The third-order valence-corrected chi connectivity index (χ3v) is 4.33. The molecular formula is C13H16FN3O3S. The van der Waals surface area contributed by atoms with Gasteiger partial charge in [0.05, 0.1) is 12.3 Å². The molecule has 0 aliphatic carbocycles. The summed E-state index contributed by atoms with van der Waals surface area (Å²) in [5.74, 6) is -0.398. The Morgan fingerprint density at radius 2 is 2.24 bits per heavy atom. The number of methoxy groups -OCH3 is 1. The van der Waals surface area contributed by atoms with Gasteiger partial charge >= 0.3 is 0 Å². The summed E-state index contributed by atoms with van der Waals surface area (Å²) < 4.78 is 46.4. The summed E-state index contributed by atoms with van der Waals surface area (Å²) in [5, 5.41) is 3.82. The molecule has 21 heavy (non-hydrogen) atoms. The molecule has 0 spiro atoms. The predicted molar refractivity (Wildman–Crippen MR) is 74.5 cm³/mol. The molecular weight excluding hydrogens is 297 g/mol. The Bertz CT molecular complexity index is 715. The first-order valence-corrected chi connectivity index (χ1v) is 7.67. The maximum Gasteiger partial charge on any atom is 0.243 e. The van der Waals surface area contributed by atoms with Gasteiger partial charge in [-0.15, -0.1) is 0 Å². The van der Waals surface area contributed by atoms with Crippen molar-refractivity contribution in [1.29, 1.82) is 0 Å². The van der Waals surface area contributed by atoms with E-state index in [2.05, 4.69) is 9.82 Å². The third-order valence-electron chi connectivity index (χ3n) is 2.96. The Labute approximate surface area is 122 Å². The molecule has 0 fully saturated rings. The van der Waals surface area contributed by atoms with Gasteiger partial charge in [0.15, 0.2) is 0 Å². The minimum Gasteiger partial charge on any atom is -0.375 e. The number of hydrogen-bond acceptors (Lipinski definition) is 4. The van der Waals surface area contributed by atoms with E-state index in [0.717, 1.165) is 0 Å². The van der Waals surface area contributed by atoms with E-state index < -0.39 is 21.9 Å². The number of aromatic nitrogens is 2. The highest BCUT2D eigenvalue weighted by Gasteiger charge is 2.19. The Morgan fingerprint density at radius 1 is 1.48 bits per heavy atom. The summed E-state index contributed by atoms with van der Waals surface area (Å²) in [6.07, 6.45) is 2.07. The van der Waals surface area contributed by atoms with E-state index in [1.54, 1.807) is 19.2 Å². The molecule has 0 amide bonds. The van der Waals surface area contributed by atoms with Crippen molar-refractivity contribution in [2.45, 2.75) is 11.0 Å². The van der Waals surface area contributed by atoms with Crippen LogP contribution in [0.25, 0.3) is 0 Å². The second-order valence-electron chi connectivity index (χ2n) is 4.48. The molecule has 1 N–H and O–H groups in total. The topological polar surface area (TPSA) is 73.2 Å². The number of nitrogens with zero attached hydrogens (tertiary/aromatic N) is 2. The number of halogens is 1. The number of rotatable bonds is 6. The van der Waals surface area contributed by atoms with Crippen LogP contribution < -0.4 is 4.72 Å². The zero-order chi connectivity index (χ0) is 15.5. The molecule has 0 radical (unpaired) electrons. The second kappa shape index (κ2) is 6.33. The van der Waals surface area contributed by atoms with Gasteiger partial charge in [-0.1, -0.05) is 12.1 Å². The van der Waals surface area contributed by atoms with Gasteiger partial charge in [-0.2, -0.15) is 5.10 Å². The van der Waals surface area contributed by atoms with Crippen molar-refractivity contribution in [3.8, 4) is 0 Å². The van der Waals surface area contributed by atoms with E-state index in [4.69, 9.17) is 4.74 Å². The zero-order valence-electron chi connectivity index (χ0n) is 11.7. The first-order valence-electron chi connectivity index (χ1n) is 6.19. The van der Waals surface area contributed by atoms with Crippen LogP contribution >= 0.6 is 0 Å². The van der Waals surface area contributed by atoms with Crippen LogP contribution in [0.4, 0.5) is 4.39 Å². The van der Waals surface area contributed by atoms with Crippen molar-refractivity contribution >= 4 is 10.0 Å². The average molecular weight is 313 g/mol. The first kappa shape index (κ1) is 15.6. The van der Waals surface area contributed by atoms with E-state index in [-0.39, 0.29) is 11.4 Å². The van der Waals surface area contributed by atoms with Crippen molar-refractivity contribution in [3.05, 3.63) is 48.0 Å². The van der Waals surface area contributed by atoms with Crippen LogP contribution in [0.2, 0.25) is 0 Å². The van der Waals surface area contributed by atoms with Crippen molar-refractivity contribution < 1.29 is 17.5 Å². The summed E-state index contributed by atoms with van der Waals surface area (Å²) in [6, 6.07) is 5.85. The van der Waals surface area contributed by atoms with Gasteiger partial charge in [-0.25, -0.2) is 17.5 Å². The lowest BCUT2D eigenvalue weighted by atomic mass is 10.1. The summed E-state index contributed by atoms with van der Waals surface area (Å²) in [4.78, 5) is 0.0686. The van der Waals surface area contributed by atoms with E-state index in [1.807, 2.05) is 0 Å². The minimum atomic E-state index is -3.67. The molecule has 1 atom stereocenters. The highest BCUT2D eigenvalue weighted by Crippen LogP contribution is 2.17. The lowest BCUT2D eigenvalue weighted by molar-refractivity contribution is 0.107. The Hall–Kier alpha value is -1.77. The van der Waals surface area contributed by atoms with Crippen molar-refractivity contribution in [1.82, 2.24) is 14.5 Å². The highest BCUT2D eigenvalue weighted by molar-refractivity contribution is 7.89. The van der Waals surface area contributed by atoms with Crippen LogP contribution in [-0.2, 0) is 21.8 Å². The quantitative estimate of drug-likeness (QED) is 0.870. The Kier molecular flexibility index (Phi) is 4.71. The number of aryl methyl sites for hydroxylation is 1. The minimum absolute atomic E-state index is 0.00280. The van der Waals surface area contributed by atoms with E-state index >= 15 is 0 Å². The summed E-state index contributed by atoms with van der Waals surface area (Å²) in [5.41, 5.74) is 0.561. The van der Waals surface area contributed by atoms with Gasteiger partial charge in [-0.3, -0.25) is 4.68 Å². The fraction of sp³-hybridized carbons (Fsp3) is 0.308. The molecule has 0 aliphatic heterocycles. The number of sulfonamides is 1. The van der Waals surface area contributed by atoms with Gasteiger partial charge in [0.2, 0.25) is 10.0 Å². The second-order valence-corrected chi connectivity index (χ2v) is 6.25. The fourth-order valence-corrected chi connectivity index (χ4v) is 2.87. The fourth-order valence-electron chi connectivity index (χ4n) is 1.85. The number of hydrogen-bond donors (Lipinski definition) is 1. The van der Waals surface area contributed by atoms with Gasteiger partial charge in [-0.05, 0) is 17.7 Å². The molecule has 0 saturated heterocycles. The van der Waals surface area contributed by atoms with E-state index in [0.29, 0.717) is 5.56 Å². The molecule has 2 rings (SSSR count). The molecule has 0 saturated carbocycles. The summed E-state index contributed by atoms with van der Waals surface area (Å²) in [7, 11) is -0.603. The predicted octanol–water partition coefficient (Wildman–Crippen LogP) is 1.23. The molecule has 0 aliphatic rings. The average Bonchev–Trinajstić information content (AvgIpc) is 2.87. The SMILES string of the molecule is CO[C@H](CNS(=O)(=O)c1cnn(C)c1)c1cccc(F)c1. The largest absolute Gasteiger partial charge is 0.375 e. The maximum atomic E-state index is 13.2. The first-order chi connectivity index (χ1) is 9.92. The van der Waals surface area contributed by atoms with Gasteiger partial charge in [0.1, 0.15) is 10.7 Å². The van der Waals surface area contributed by atoms with Gasteiger partial charge < -0.3 is 4.74 Å². The van der Waals surface area contributed by atoms with Crippen LogP contribution in [0, 0.1) is 5.82 Å². The summed E-state index contributed by atoms with van der Waals surface area (Å²) >= 11 is 0. The smallest absolute Gasteiger partial charge is 0.243 e. The molecule has 1 heterocycles. The highest BCUT2D eigenvalue weighted by atomic mass is 32.2. The van der Waals surface area contributed by atoms with Crippen LogP contribution in [0.3, 0.4) is 0 Å². The van der Waals surface area contributed by atoms with E-state index in [1.165, 1.54) is 36.3 Å². The standard InChI is InChI=1S/C13H16FN3O3S/c1-17-9-12(7-15-17)21(18,19)16-8-13(20-2)10-4-3-5-11(14)6-10/h3-7,9,13,16H,8H2,1-2H3/t13-/m1/s1. The van der Waals surface area contributed by atoms with E-state index in [9.17, 15) is 12.8 Å². The monoisotopic (exact) mass is 313 g/mol. The molecule has 0 bridgehead atoms. The Morgan fingerprint density at radius 3 is 2.81 bits per heavy atom. The van der Waals surface area contributed by atoms with Crippen LogP contribution in [0.15, 0.2) is 41.6 Å². The van der Waals surface area contributed by atoms with Crippen molar-refractivity contribution in [2.24, 2.45) is 7.05 Å². The molecule has 0 unspecified atom stereocenters. The van der Waals surface area contributed by atoms with Crippen molar-refractivity contribution in [2.75, 3.05) is 13.7 Å². The summed E-state index contributed by atoms with van der Waals surface area (Å²) in [6.45, 7) is -0.00280. The Balaban J connectivity index is 2.10. The lowest BCUT2D eigenvalue weighted by Crippen LogP contribution is -2.29. The zero-order valence-corrected chi connectivity index (χ0v) is 12.5. The third kappa shape index (κ3) is 3.87. The van der Waals surface area contributed by atoms with Crippen LogP contribution in [0.1, 0.15) is 11.7 Å². The van der Waals surface area contributed by atoms with Crippen LogP contribution in [-0.4, -0.2) is 31.9 Å². The number of ether oxygens (including phenoxy) is 1. The molecule has 8 heteroatoms. The van der Waals surface area contributed by atoms with Crippen molar-refractivity contribution in [3.63, 3.8) is 0 Å². The van der Waals surface area contributed by atoms with Gasteiger partial charge in [0, 0.05) is 26.9 Å². The number of nitrogens with one attached hydrogen (secondary N) is 1. The normalized spacial score (nSPS) is 13.3. The molecule has 6 nitrogen and oxygen atoms in total. The number of benzene rings is 1. The molecule has 1 aromatic carbocycles. The van der Waals surface area contributed by atoms with Gasteiger partial charge in [0.25, 0.3) is 0 Å². The molecule has 114 valence electrons. The maximum absolute atomic E-state index is 13.2. The molecule has 2 aromatic rings. The lowest BCUT2D eigenvalue weighted by Gasteiger charge is -2.16.